The van der Waals surface area contributed by atoms with Gasteiger partial charge in [-0.15, -0.1) is 0 Å². The first-order valence-corrected chi connectivity index (χ1v) is 11.3. The van der Waals surface area contributed by atoms with Crippen molar-refractivity contribution in [2.24, 2.45) is 5.92 Å². The van der Waals surface area contributed by atoms with Crippen molar-refractivity contribution in [1.82, 2.24) is 0 Å². The summed E-state index contributed by atoms with van der Waals surface area (Å²) in [4.78, 5) is 26.8. The van der Waals surface area contributed by atoms with Crippen LogP contribution in [-0.4, -0.2) is 18.4 Å². The second kappa shape index (κ2) is 9.28. The summed E-state index contributed by atoms with van der Waals surface area (Å²) < 4.78 is 5.92. The van der Waals surface area contributed by atoms with Crippen LogP contribution in [0.2, 0.25) is 5.02 Å². The summed E-state index contributed by atoms with van der Waals surface area (Å²) in [6.45, 7) is 6.85. The minimum absolute atomic E-state index is 0.0846. The van der Waals surface area contributed by atoms with Crippen LogP contribution in [0.4, 0.5) is 11.4 Å². The lowest BCUT2D eigenvalue weighted by atomic mass is 9.87. The van der Waals surface area contributed by atoms with Crippen LogP contribution >= 0.6 is 11.6 Å². The van der Waals surface area contributed by atoms with E-state index in [1.807, 2.05) is 30.3 Å². The Morgan fingerprint density at radius 1 is 1.00 bits per heavy atom. The first-order chi connectivity index (χ1) is 15.7. The van der Waals surface area contributed by atoms with E-state index >= 15 is 0 Å². The Kier molecular flexibility index (Phi) is 6.43. The molecule has 4 rings (SSSR count). The van der Waals surface area contributed by atoms with Gasteiger partial charge in [0.15, 0.2) is 0 Å². The quantitative estimate of drug-likeness (QED) is 0.475. The largest absolute Gasteiger partial charge is 0.457 e. The molecule has 2 amide bonds. The lowest BCUT2D eigenvalue weighted by Crippen LogP contribution is -2.28. The summed E-state index contributed by atoms with van der Waals surface area (Å²) in [5.41, 5.74) is 2.70. The number of amides is 2. The fourth-order valence-corrected chi connectivity index (χ4v) is 3.97. The van der Waals surface area contributed by atoms with E-state index < -0.39 is 5.92 Å². The zero-order valence-electron chi connectivity index (χ0n) is 19.0. The summed E-state index contributed by atoms with van der Waals surface area (Å²) in [5, 5.41) is 3.46. The van der Waals surface area contributed by atoms with E-state index in [1.54, 1.807) is 35.2 Å². The van der Waals surface area contributed by atoms with E-state index in [0.29, 0.717) is 28.7 Å². The molecule has 1 heterocycles. The fourth-order valence-electron chi connectivity index (χ4n) is 3.79. The highest BCUT2D eigenvalue weighted by molar-refractivity contribution is 6.31. The Bertz CT molecular complexity index is 1150. The first-order valence-electron chi connectivity index (χ1n) is 10.9. The molecule has 0 aromatic heterocycles. The summed E-state index contributed by atoms with van der Waals surface area (Å²) in [6.07, 6.45) is 0.171. The summed E-state index contributed by atoms with van der Waals surface area (Å²) in [7, 11) is 0. The van der Waals surface area contributed by atoms with Crippen molar-refractivity contribution in [2.45, 2.75) is 32.6 Å². The third-order valence-electron chi connectivity index (χ3n) is 5.69. The maximum atomic E-state index is 12.7. The van der Waals surface area contributed by atoms with Crippen molar-refractivity contribution in [2.75, 3.05) is 16.8 Å². The van der Waals surface area contributed by atoms with Crippen LogP contribution in [-0.2, 0) is 15.0 Å². The van der Waals surface area contributed by atoms with E-state index in [4.69, 9.17) is 16.3 Å². The molecule has 6 heteroatoms. The molecule has 33 heavy (non-hydrogen) atoms. The van der Waals surface area contributed by atoms with Crippen molar-refractivity contribution in [3.8, 4) is 11.5 Å². The number of nitrogens with one attached hydrogen (secondary N) is 1. The van der Waals surface area contributed by atoms with E-state index in [1.165, 1.54) is 5.56 Å². The molecule has 1 aliphatic rings. The number of anilines is 2. The minimum atomic E-state index is -0.422. The van der Waals surface area contributed by atoms with Gasteiger partial charge in [0.05, 0.1) is 5.92 Å². The normalized spacial score (nSPS) is 16.1. The van der Waals surface area contributed by atoms with E-state index in [-0.39, 0.29) is 23.7 Å². The number of benzene rings is 3. The molecule has 0 saturated carbocycles. The Balaban J connectivity index is 1.35. The van der Waals surface area contributed by atoms with Crippen molar-refractivity contribution >= 4 is 34.8 Å². The Labute approximate surface area is 199 Å². The van der Waals surface area contributed by atoms with Crippen LogP contribution in [0.25, 0.3) is 0 Å². The molecule has 1 atom stereocenters. The molecule has 1 N–H and O–H groups in total. The van der Waals surface area contributed by atoms with Crippen molar-refractivity contribution in [1.29, 1.82) is 0 Å². The number of ether oxygens (including phenoxy) is 1. The molecular formula is C27H27ClN2O3. The molecule has 170 valence electrons. The number of rotatable bonds is 5. The van der Waals surface area contributed by atoms with Gasteiger partial charge in [0.2, 0.25) is 11.8 Å². The van der Waals surface area contributed by atoms with Crippen molar-refractivity contribution < 1.29 is 14.3 Å². The minimum Gasteiger partial charge on any atom is -0.457 e. The predicted octanol–water partition coefficient (Wildman–Crippen LogP) is 6.42. The highest BCUT2D eigenvalue weighted by atomic mass is 35.5. The second-order valence-corrected chi connectivity index (χ2v) is 9.71. The van der Waals surface area contributed by atoms with Gasteiger partial charge in [-0.05, 0) is 65.6 Å². The molecule has 0 spiro atoms. The average Bonchev–Trinajstić information content (AvgIpc) is 3.17. The van der Waals surface area contributed by atoms with Crippen LogP contribution < -0.4 is 15.0 Å². The molecule has 0 bridgehead atoms. The van der Waals surface area contributed by atoms with Gasteiger partial charge in [0, 0.05) is 29.4 Å². The van der Waals surface area contributed by atoms with Gasteiger partial charge in [0.1, 0.15) is 11.5 Å². The summed E-state index contributed by atoms with van der Waals surface area (Å²) in [5.74, 6) is 0.747. The number of hydrogen-bond acceptors (Lipinski definition) is 3. The summed E-state index contributed by atoms with van der Waals surface area (Å²) in [6, 6.07) is 22.4. The standard InChI is InChI=1S/C27H27ClN2O3/c1-27(2,3)19-7-11-23(12-8-19)33-24-13-9-21(10-14-24)29-26(32)18-15-25(31)30(17-18)22-6-4-5-20(28)16-22/h4-14,16,18H,15,17H2,1-3H3,(H,29,32)/t18-/m0/s1. The second-order valence-electron chi connectivity index (χ2n) is 9.28. The molecule has 1 fully saturated rings. The molecule has 1 saturated heterocycles. The number of carbonyl (C=O) groups is 2. The predicted molar refractivity (Wildman–Crippen MR) is 132 cm³/mol. The van der Waals surface area contributed by atoms with Gasteiger partial charge >= 0.3 is 0 Å². The van der Waals surface area contributed by atoms with Crippen LogP contribution in [0.5, 0.6) is 11.5 Å². The number of hydrogen-bond donors (Lipinski definition) is 1. The number of carbonyl (C=O) groups excluding carboxylic acids is 2. The van der Waals surface area contributed by atoms with Gasteiger partial charge in [-0.1, -0.05) is 50.6 Å². The molecule has 3 aromatic rings. The third kappa shape index (κ3) is 5.55. The van der Waals surface area contributed by atoms with Crippen molar-refractivity contribution in [3.63, 3.8) is 0 Å². The molecular weight excluding hydrogens is 436 g/mol. The topological polar surface area (TPSA) is 58.6 Å². The molecule has 0 radical (unpaired) electrons. The van der Waals surface area contributed by atoms with Crippen LogP contribution in [0.1, 0.15) is 32.8 Å². The van der Waals surface area contributed by atoms with Gasteiger partial charge < -0.3 is 15.0 Å². The highest BCUT2D eigenvalue weighted by Gasteiger charge is 2.35. The Hall–Kier alpha value is -3.31. The smallest absolute Gasteiger partial charge is 0.229 e. The highest BCUT2D eigenvalue weighted by Crippen LogP contribution is 2.29. The molecule has 0 unspecified atom stereocenters. The van der Waals surface area contributed by atoms with E-state index in [2.05, 4.69) is 38.2 Å². The maximum absolute atomic E-state index is 12.7. The van der Waals surface area contributed by atoms with E-state index in [0.717, 1.165) is 5.75 Å². The SMILES string of the molecule is CC(C)(C)c1ccc(Oc2ccc(NC(=O)[C@H]3CC(=O)N(c4cccc(Cl)c4)C3)cc2)cc1. The summed E-state index contributed by atoms with van der Waals surface area (Å²) >= 11 is 6.04. The van der Waals surface area contributed by atoms with Crippen molar-refractivity contribution in [3.05, 3.63) is 83.4 Å². The molecule has 3 aromatic carbocycles. The Morgan fingerprint density at radius 3 is 2.24 bits per heavy atom. The zero-order valence-corrected chi connectivity index (χ0v) is 19.7. The zero-order chi connectivity index (χ0) is 23.6. The average molecular weight is 463 g/mol. The van der Waals surface area contributed by atoms with Gasteiger partial charge in [-0.3, -0.25) is 9.59 Å². The van der Waals surface area contributed by atoms with E-state index in [9.17, 15) is 9.59 Å². The number of nitrogens with zero attached hydrogens (tertiary/aromatic N) is 1. The third-order valence-corrected chi connectivity index (χ3v) is 5.93. The van der Waals surface area contributed by atoms with Crippen LogP contribution in [0, 0.1) is 5.92 Å². The number of halogens is 1. The lowest BCUT2D eigenvalue weighted by molar-refractivity contribution is -0.122. The fraction of sp³-hybridized carbons (Fsp3) is 0.259. The van der Waals surface area contributed by atoms with Crippen LogP contribution in [0.15, 0.2) is 72.8 Å². The molecule has 5 nitrogen and oxygen atoms in total. The molecule has 1 aliphatic heterocycles. The first kappa shape index (κ1) is 22.9. The maximum Gasteiger partial charge on any atom is 0.229 e. The monoisotopic (exact) mass is 462 g/mol. The van der Waals surface area contributed by atoms with Crippen LogP contribution in [0.3, 0.4) is 0 Å². The lowest BCUT2D eigenvalue weighted by Gasteiger charge is -2.19. The Morgan fingerprint density at radius 2 is 1.64 bits per heavy atom. The van der Waals surface area contributed by atoms with Gasteiger partial charge in [0.25, 0.3) is 0 Å². The van der Waals surface area contributed by atoms with Gasteiger partial charge in [-0.25, -0.2) is 0 Å². The van der Waals surface area contributed by atoms with Gasteiger partial charge in [-0.2, -0.15) is 0 Å². The molecule has 0 aliphatic carbocycles.